The molecule has 10 heavy (non-hydrogen) atoms. The van der Waals surface area contributed by atoms with Crippen molar-refractivity contribution in [2.45, 2.75) is 19.4 Å². The van der Waals surface area contributed by atoms with E-state index in [1.165, 1.54) is 0 Å². The van der Waals surface area contributed by atoms with Gasteiger partial charge in [0.25, 0.3) is 5.78 Å². The normalized spacial score (nSPS) is 12.3. The highest BCUT2D eigenvalue weighted by molar-refractivity contribution is 6.35. The van der Waals surface area contributed by atoms with Crippen LogP contribution in [0.1, 0.15) is 13.3 Å². The van der Waals surface area contributed by atoms with Crippen LogP contribution >= 0.6 is 0 Å². The van der Waals surface area contributed by atoms with E-state index in [9.17, 15) is 9.59 Å². The third kappa shape index (κ3) is 2.14. The second-order valence-electron chi connectivity index (χ2n) is 1.78. The minimum Gasteiger partial charge on any atom is -0.463 e. The van der Waals surface area contributed by atoms with E-state index in [-0.39, 0.29) is 6.42 Å². The number of ether oxygens (including phenoxy) is 1. The van der Waals surface area contributed by atoms with Crippen LogP contribution in [0.3, 0.4) is 0 Å². The van der Waals surface area contributed by atoms with Gasteiger partial charge < -0.3 is 9.84 Å². The van der Waals surface area contributed by atoms with E-state index in [1.54, 1.807) is 6.92 Å². The van der Waals surface area contributed by atoms with Gasteiger partial charge in [-0.25, -0.2) is 4.79 Å². The molecular formula is C6H10O4. The molecule has 0 bridgehead atoms. The fraction of sp³-hybridized carbons (Fsp3) is 0.667. The molecule has 0 aromatic rings. The summed E-state index contributed by atoms with van der Waals surface area (Å²) in [5.74, 6) is -1.88. The van der Waals surface area contributed by atoms with Gasteiger partial charge in [-0.05, 0) is 6.42 Å². The Balaban J connectivity index is 3.95. The zero-order valence-electron chi connectivity index (χ0n) is 5.96. The average molecular weight is 146 g/mol. The summed E-state index contributed by atoms with van der Waals surface area (Å²) in [6, 6.07) is 0. The molecule has 0 fully saturated rings. The van der Waals surface area contributed by atoms with Crippen LogP contribution in [-0.2, 0) is 14.3 Å². The van der Waals surface area contributed by atoms with Crippen molar-refractivity contribution in [2.24, 2.45) is 0 Å². The lowest BCUT2D eigenvalue weighted by atomic mass is 10.2. The summed E-state index contributed by atoms with van der Waals surface area (Å²) in [4.78, 5) is 21.0. The Bertz CT molecular complexity index is 141. The van der Waals surface area contributed by atoms with E-state index in [0.29, 0.717) is 0 Å². The highest BCUT2D eigenvalue weighted by atomic mass is 16.5. The van der Waals surface area contributed by atoms with Gasteiger partial charge in [0, 0.05) is 0 Å². The lowest BCUT2D eigenvalue weighted by molar-refractivity contribution is -0.155. The summed E-state index contributed by atoms with van der Waals surface area (Å²) in [6.07, 6.45) is -0.985. The van der Waals surface area contributed by atoms with Gasteiger partial charge in [-0.1, -0.05) is 6.92 Å². The molecule has 0 radical (unpaired) electrons. The molecule has 1 atom stereocenters. The molecule has 0 aromatic carbocycles. The molecule has 58 valence electrons. The molecule has 4 heteroatoms. The molecule has 4 nitrogen and oxygen atoms in total. The second-order valence-corrected chi connectivity index (χ2v) is 1.78. The zero-order chi connectivity index (χ0) is 8.15. The molecule has 0 rings (SSSR count). The number of aliphatic hydroxyl groups excluding tert-OH is 1. The highest BCUT2D eigenvalue weighted by Gasteiger charge is 2.21. The highest BCUT2D eigenvalue weighted by Crippen LogP contribution is 1.92. The SMILES string of the molecule is CC[C@H](O)C(=O)C(=O)OC. The lowest BCUT2D eigenvalue weighted by Crippen LogP contribution is -2.28. The summed E-state index contributed by atoms with van der Waals surface area (Å²) < 4.78 is 4.09. The van der Waals surface area contributed by atoms with Crippen molar-refractivity contribution in [3.63, 3.8) is 0 Å². The van der Waals surface area contributed by atoms with Crippen LogP contribution in [-0.4, -0.2) is 30.1 Å². The number of carbonyl (C=O) groups excluding carboxylic acids is 2. The summed E-state index contributed by atoms with van der Waals surface area (Å²) in [5.41, 5.74) is 0. The molecular weight excluding hydrogens is 136 g/mol. The summed E-state index contributed by atoms with van der Waals surface area (Å²) in [6.45, 7) is 1.60. The van der Waals surface area contributed by atoms with Crippen molar-refractivity contribution in [3.8, 4) is 0 Å². The second kappa shape index (κ2) is 4.00. The van der Waals surface area contributed by atoms with E-state index in [2.05, 4.69) is 4.74 Å². The number of ketones is 1. The minimum absolute atomic E-state index is 0.230. The van der Waals surface area contributed by atoms with Crippen LogP contribution in [0.15, 0.2) is 0 Å². The first-order valence-electron chi connectivity index (χ1n) is 2.93. The average Bonchev–Trinajstić information content (AvgIpc) is 2.00. The summed E-state index contributed by atoms with van der Waals surface area (Å²) in [7, 11) is 1.10. The van der Waals surface area contributed by atoms with Gasteiger partial charge in [0.2, 0.25) is 0 Å². The molecule has 0 aromatic heterocycles. The molecule has 1 N–H and O–H groups in total. The summed E-state index contributed by atoms with van der Waals surface area (Å²) in [5, 5.41) is 8.78. The maximum absolute atomic E-state index is 10.6. The number of esters is 1. The number of Topliss-reactive ketones (excluding diaryl/α,β-unsaturated/α-hetero) is 1. The Hall–Kier alpha value is -0.900. The third-order valence-electron chi connectivity index (χ3n) is 1.08. The van der Waals surface area contributed by atoms with Gasteiger partial charge in [-0.2, -0.15) is 0 Å². The standard InChI is InChI=1S/C6H10O4/c1-3-4(7)5(8)6(9)10-2/h4,7H,3H2,1-2H3/t4-/m0/s1. The largest absolute Gasteiger partial charge is 0.463 e. The maximum Gasteiger partial charge on any atom is 0.377 e. The smallest absolute Gasteiger partial charge is 0.377 e. The van der Waals surface area contributed by atoms with Gasteiger partial charge in [-0.15, -0.1) is 0 Å². The molecule has 0 spiro atoms. The van der Waals surface area contributed by atoms with Gasteiger partial charge in [0.1, 0.15) is 6.10 Å². The van der Waals surface area contributed by atoms with Crippen LogP contribution in [0.4, 0.5) is 0 Å². The predicted octanol–water partition coefficient (Wildman–Crippen LogP) is -0.501. The Morgan fingerprint density at radius 2 is 2.10 bits per heavy atom. The first kappa shape index (κ1) is 9.10. The number of aliphatic hydroxyl groups is 1. The fourth-order valence-corrected chi connectivity index (χ4v) is 0.422. The molecule has 0 aliphatic heterocycles. The van der Waals surface area contributed by atoms with Crippen molar-refractivity contribution in [1.82, 2.24) is 0 Å². The Morgan fingerprint density at radius 1 is 1.60 bits per heavy atom. The van der Waals surface area contributed by atoms with Gasteiger partial charge in [0.05, 0.1) is 7.11 Å². The number of hydrogen-bond acceptors (Lipinski definition) is 4. The quantitative estimate of drug-likeness (QED) is 0.430. The van der Waals surface area contributed by atoms with E-state index in [4.69, 9.17) is 5.11 Å². The van der Waals surface area contributed by atoms with Crippen molar-refractivity contribution >= 4 is 11.8 Å². The van der Waals surface area contributed by atoms with Crippen LogP contribution in [0.25, 0.3) is 0 Å². The molecule has 0 heterocycles. The zero-order valence-corrected chi connectivity index (χ0v) is 5.96. The topological polar surface area (TPSA) is 63.6 Å². The minimum atomic E-state index is -1.22. The Morgan fingerprint density at radius 3 is 2.40 bits per heavy atom. The van der Waals surface area contributed by atoms with Gasteiger partial charge in [-0.3, -0.25) is 4.79 Å². The first-order valence-corrected chi connectivity index (χ1v) is 2.93. The van der Waals surface area contributed by atoms with Crippen LogP contribution in [0.2, 0.25) is 0 Å². The monoisotopic (exact) mass is 146 g/mol. The number of rotatable bonds is 3. The van der Waals surface area contributed by atoms with Crippen LogP contribution in [0, 0.1) is 0 Å². The fourth-order valence-electron chi connectivity index (χ4n) is 0.422. The lowest BCUT2D eigenvalue weighted by Gasteiger charge is -2.02. The molecule has 0 amide bonds. The Kier molecular flexibility index (Phi) is 3.64. The van der Waals surface area contributed by atoms with E-state index < -0.39 is 17.9 Å². The van der Waals surface area contributed by atoms with Crippen molar-refractivity contribution in [2.75, 3.05) is 7.11 Å². The van der Waals surface area contributed by atoms with Crippen molar-refractivity contribution in [3.05, 3.63) is 0 Å². The van der Waals surface area contributed by atoms with Gasteiger partial charge in [0.15, 0.2) is 0 Å². The van der Waals surface area contributed by atoms with Crippen LogP contribution in [0.5, 0.6) is 0 Å². The van der Waals surface area contributed by atoms with Gasteiger partial charge >= 0.3 is 5.97 Å². The predicted molar refractivity (Wildman–Crippen MR) is 33.3 cm³/mol. The van der Waals surface area contributed by atoms with Crippen LogP contribution < -0.4 is 0 Å². The van der Waals surface area contributed by atoms with E-state index in [1.807, 2.05) is 0 Å². The number of hydrogen-bond donors (Lipinski definition) is 1. The maximum atomic E-state index is 10.6. The van der Waals surface area contributed by atoms with E-state index in [0.717, 1.165) is 7.11 Å². The van der Waals surface area contributed by atoms with Crippen molar-refractivity contribution in [1.29, 1.82) is 0 Å². The molecule has 0 saturated heterocycles. The molecule has 0 unspecified atom stereocenters. The summed E-state index contributed by atoms with van der Waals surface area (Å²) >= 11 is 0. The van der Waals surface area contributed by atoms with E-state index >= 15 is 0 Å². The number of methoxy groups -OCH3 is 1. The third-order valence-corrected chi connectivity index (χ3v) is 1.08. The molecule has 0 aliphatic carbocycles. The first-order chi connectivity index (χ1) is 4.63. The number of carbonyl (C=O) groups is 2. The Labute approximate surface area is 58.8 Å². The molecule has 0 aliphatic rings. The molecule has 0 saturated carbocycles. The van der Waals surface area contributed by atoms with Crippen molar-refractivity contribution < 1.29 is 19.4 Å².